The summed E-state index contributed by atoms with van der Waals surface area (Å²) >= 11 is 0. The number of likely N-dealkylation sites (tertiary alicyclic amines) is 1. The molecule has 1 saturated heterocycles. The molecule has 1 aliphatic carbocycles. The lowest BCUT2D eigenvalue weighted by atomic mass is 9.94. The zero-order chi connectivity index (χ0) is 18.1. The maximum absolute atomic E-state index is 12.8. The summed E-state index contributed by atoms with van der Waals surface area (Å²) < 4.78 is 34.4. The highest BCUT2D eigenvalue weighted by atomic mass is 19.3. The smallest absolute Gasteiger partial charge is 0.387 e. The van der Waals surface area contributed by atoms with Gasteiger partial charge < -0.3 is 19.5 Å². The number of amides is 1. The fourth-order valence-corrected chi connectivity index (χ4v) is 3.99. The van der Waals surface area contributed by atoms with Crippen molar-refractivity contribution in [1.29, 1.82) is 0 Å². The van der Waals surface area contributed by atoms with Gasteiger partial charge in [0.25, 0.3) is 5.91 Å². The van der Waals surface area contributed by atoms with Crippen LogP contribution < -0.4 is 9.47 Å². The highest BCUT2D eigenvalue weighted by Gasteiger charge is 2.49. The fourth-order valence-electron chi connectivity index (χ4n) is 3.99. The minimum atomic E-state index is -3.06. The third-order valence-corrected chi connectivity index (χ3v) is 5.03. The Kier molecular flexibility index (Phi) is 4.78. The van der Waals surface area contributed by atoms with E-state index in [2.05, 4.69) is 4.74 Å². The number of carboxylic acid groups (broad SMARTS) is 1. The summed E-state index contributed by atoms with van der Waals surface area (Å²) in [5.41, 5.74) is 0.0997. The van der Waals surface area contributed by atoms with Crippen LogP contribution in [0.2, 0.25) is 0 Å². The molecule has 1 aliphatic heterocycles. The molecular weight excluding hydrogens is 336 g/mol. The van der Waals surface area contributed by atoms with Gasteiger partial charge >= 0.3 is 12.6 Å². The summed E-state index contributed by atoms with van der Waals surface area (Å²) in [4.78, 5) is 25.8. The topological polar surface area (TPSA) is 76.1 Å². The second-order valence-corrected chi connectivity index (χ2v) is 6.34. The van der Waals surface area contributed by atoms with Gasteiger partial charge in [-0.3, -0.25) is 4.79 Å². The highest BCUT2D eigenvalue weighted by molar-refractivity contribution is 5.97. The number of aliphatic carboxylic acids is 1. The number of carbonyl (C=O) groups excluding carboxylic acids is 1. The summed E-state index contributed by atoms with van der Waals surface area (Å²) in [5.74, 6) is -1.57. The number of alkyl halides is 2. The molecule has 1 N–H and O–H groups in total. The third-order valence-electron chi connectivity index (χ3n) is 5.03. The van der Waals surface area contributed by atoms with Crippen LogP contribution in [-0.2, 0) is 4.79 Å². The van der Waals surface area contributed by atoms with Crippen LogP contribution in [0, 0.1) is 11.8 Å². The zero-order valence-electron chi connectivity index (χ0n) is 13.7. The first-order valence-electron chi connectivity index (χ1n) is 8.09. The molecule has 1 saturated carbocycles. The lowest BCUT2D eigenvalue weighted by Gasteiger charge is -2.24. The third kappa shape index (κ3) is 3.25. The average Bonchev–Trinajstić information content (AvgIpc) is 3.13. The van der Waals surface area contributed by atoms with Gasteiger partial charge in [-0.25, -0.2) is 4.79 Å². The molecule has 2 aliphatic rings. The Bertz CT molecular complexity index is 681. The Morgan fingerprint density at radius 1 is 1.28 bits per heavy atom. The van der Waals surface area contributed by atoms with Crippen LogP contribution in [0.5, 0.6) is 11.5 Å². The number of fused-ring (bicyclic) bond motifs is 1. The Hall–Kier alpha value is -2.38. The Morgan fingerprint density at radius 3 is 2.68 bits per heavy atom. The molecule has 1 heterocycles. The predicted molar refractivity (Wildman–Crippen MR) is 82.9 cm³/mol. The number of nitrogens with zero attached hydrogens (tertiary/aromatic N) is 1. The Morgan fingerprint density at radius 2 is 2.04 bits per heavy atom. The molecule has 0 spiro atoms. The van der Waals surface area contributed by atoms with Gasteiger partial charge in [0, 0.05) is 12.1 Å². The van der Waals surface area contributed by atoms with Crippen molar-refractivity contribution in [3.05, 3.63) is 23.8 Å². The molecule has 25 heavy (non-hydrogen) atoms. The van der Waals surface area contributed by atoms with E-state index in [-0.39, 0.29) is 28.9 Å². The van der Waals surface area contributed by atoms with E-state index in [1.54, 1.807) is 0 Å². The van der Waals surface area contributed by atoms with Gasteiger partial charge in [-0.05, 0) is 42.9 Å². The van der Waals surface area contributed by atoms with E-state index >= 15 is 0 Å². The van der Waals surface area contributed by atoms with Gasteiger partial charge in [0.1, 0.15) is 6.04 Å². The molecule has 0 bridgehead atoms. The zero-order valence-corrected chi connectivity index (χ0v) is 13.7. The first-order chi connectivity index (χ1) is 11.9. The summed E-state index contributed by atoms with van der Waals surface area (Å²) in [6, 6.07) is 3.08. The van der Waals surface area contributed by atoms with Gasteiger partial charge in [0.2, 0.25) is 0 Å². The number of halogens is 2. The van der Waals surface area contributed by atoms with Crippen LogP contribution in [0.15, 0.2) is 18.2 Å². The first-order valence-corrected chi connectivity index (χ1v) is 8.09. The SMILES string of the molecule is COc1ccc(C(=O)N2CC3CCCC3C2C(=O)O)cc1OC(F)F. The van der Waals surface area contributed by atoms with E-state index < -0.39 is 24.5 Å². The van der Waals surface area contributed by atoms with Crippen LogP contribution in [-0.4, -0.2) is 48.2 Å². The molecule has 3 unspecified atom stereocenters. The van der Waals surface area contributed by atoms with Crippen molar-refractivity contribution in [2.75, 3.05) is 13.7 Å². The van der Waals surface area contributed by atoms with Gasteiger partial charge in [0.05, 0.1) is 7.11 Å². The van der Waals surface area contributed by atoms with Gasteiger partial charge in [-0.15, -0.1) is 0 Å². The van der Waals surface area contributed by atoms with Gasteiger partial charge in [-0.1, -0.05) is 6.42 Å². The van der Waals surface area contributed by atoms with Crippen LogP contribution in [0.3, 0.4) is 0 Å². The Balaban J connectivity index is 1.88. The molecule has 0 aromatic heterocycles. The fraction of sp³-hybridized carbons (Fsp3) is 0.529. The maximum Gasteiger partial charge on any atom is 0.387 e. The number of rotatable bonds is 5. The monoisotopic (exact) mass is 355 g/mol. The standard InChI is InChI=1S/C17H19F2NO5/c1-24-12-6-5-9(7-13(12)25-17(18)19)15(21)20-8-10-3-2-4-11(10)14(20)16(22)23/h5-7,10-11,14,17H,2-4,8H2,1H3,(H,22,23). The highest BCUT2D eigenvalue weighted by Crippen LogP contribution is 2.43. The first kappa shape index (κ1) is 17.4. The summed E-state index contributed by atoms with van der Waals surface area (Å²) in [6.07, 6.45) is 2.66. The quantitative estimate of drug-likeness (QED) is 0.879. The van der Waals surface area contributed by atoms with Crippen LogP contribution in [0.4, 0.5) is 8.78 Å². The molecule has 3 atom stereocenters. The maximum atomic E-state index is 12.8. The number of carbonyl (C=O) groups is 2. The molecular formula is C17H19F2NO5. The van der Waals surface area contributed by atoms with Crippen LogP contribution in [0.25, 0.3) is 0 Å². The molecule has 136 valence electrons. The molecule has 3 rings (SSSR count). The van der Waals surface area contributed by atoms with E-state index in [4.69, 9.17) is 4.74 Å². The number of benzene rings is 1. The van der Waals surface area contributed by atoms with Crippen molar-refractivity contribution >= 4 is 11.9 Å². The molecule has 6 nitrogen and oxygen atoms in total. The molecule has 1 aromatic rings. The van der Waals surface area contributed by atoms with E-state index in [1.807, 2.05) is 0 Å². The van der Waals surface area contributed by atoms with Crippen molar-refractivity contribution in [3.8, 4) is 11.5 Å². The Labute approximate surface area is 143 Å². The second-order valence-electron chi connectivity index (χ2n) is 6.34. The normalized spacial score (nSPS) is 25.1. The summed E-state index contributed by atoms with van der Waals surface area (Å²) in [7, 11) is 1.30. The molecule has 1 amide bonds. The van der Waals surface area contributed by atoms with Crippen molar-refractivity contribution in [2.24, 2.45) is 11.8 Å². The largest absolute Gasteiger partial charge is 0.493 e. The lowest BCUT2D eigenvalue weighted by molar-refractivity contribution is -0.142. The molecule has 0 radical (unpaired) electrons. The van der Waals surface area contributed by atoms with Crippen LogP contribution >= 0.6 is 0 Å². The summed E-state index contributed by atoms with van der Waals surface area (Å²) in [5, 5.41) is 9.54. The summed E-state index contributed by atoms with van der Waals surface area (Å²) in [6.45, 7) is -2.69. The van der Waals surface area contributed by atoms with E-state index in [0.717, 1.165) is 19.3 Å². The molecule has 8 heteroatoms. The van der Waals surface area contributed by atoms with Crippen LogP contribution in [0.1, 0.15) is 29.6 Å². The number of carboxylic acids is 1. The minimum Gasteiger partial charge on any atom is -0.493 e. The van der Waals surface area contributed by atoms with Crippen molar-refractivity contribution in [1.82, 2.24) is 4.90 Å². The molecule has 2 fully saturated rings. The number of hydrogen-bond acceptors (Lipinski definition) is 4. The van der Waals surface area contributed by atoms with Crippen molar-refractivity contribution < 1.29 is 33.0 Å². The van der Waals surface area contributed by atoms with E-state index in [9.17, 15) is 23.5 Å². The predicted octanol–water partition coefficient (Wildman–Crippen LogP) is 2.62. The minimum absolute atomic E-state index is 0.0449. The van der Waals surface area contributed by atoms with E-state index in [1.165, 1.54) is 30.2 Å². The van der Waals surface area contributed by atoms with Gasteiger partial charge in [0.15, 0.2) is 11.5 Å². The van der Waals surface area contributed by atoms with E-state index in [0.29, 0.717) is 6.54 Å². The lowest BCUT2D eigenvalue weighted by Crippen LogP contribution is -2.43. The number of hydrogen-bond donors (Lipinski definition) is 1. The second kappa shape index (κ2) is 6.85. The number of ether oxygens (including phenoxy) is 2. The average molecular weight is 355 g/mol. The van der Waals surface area contributed by atoms with Crippen molar-refractivity contribution in [2.45, 2.75) is 31.9 Å². The molecule has 1 aromatic carbocycles. The van der Waals surface area contributed by atoms with Crippen molar-refractivity contribution in [3.63, 3.8) is 0 Å². The van der Waals surface area contributed by atoms with Gasteiger partial charge in [-0.2, -0.15) is 8.78 Å². The number of methoxy groups -OCH3 is 1.